The Morgan fingerprint density at radius 3 is 2.75 bits per heavy atom. The summed E-state index contributed by atoms with van der Waals surface area (Å²) in [5.41, 5.74) is 0.336. The largest absolute Gasteiger partial charge is 0.454 e. The van der Waals surface area contributed by atoms with Gasteiger partial charge in [0, 0.05) is 17.7 Å². The second-order valence-corrected chi connectivity index (χ2v) is 4.92. The maximum Gasteiger partial charge on any atom is 0.270 e. The lowest BCUT2D eigenvalue weighted by Crippen LogP contribution is -2.02. The zero-order valence-electron chi connectivity index (χ0n) is 12.3. The Labute approximate surface area is 136 Å². The van der Waals surface area contributed by atoms with Crippen molar-refractivity contribution in [3.8, 4) is 17.6 Å². The molecule has 0 atom stereocenters. The third-order valence-corrected chi connectivity index (χ3v) is 3.39. The van der Waals surface area contributed by atoms with Gasteiger partial charge in [0.1, 0.15) is 11.6 Å². The van der Waals surface area contributed by atoms with Gasteiger partial charge in [0.25, 0.3) is 5.69 Å². The van der Waals surface area contributed by atoms with Crippen molar-refractivity contribution in [3.05, 3.63) is 69.3 Å². The molecule has 0 saturated carbocycles. The zero-order valence-corrected chi connectivity index (χ0v) is 12.3. The third-order valence-electron chi connectivity index (χ3n) is 3.39. The van der Waals surface area contributed by atoms with E-state index in [1.165, 1.54) is 24.3 Å². The van der Waals surface area contributed by atoms with Crippen LogP contribution < -0.4 is 9.47 Å². The van der Waals surface area contributed by atoms with Crippen molar-refractivity contribution in [1.29, 1.82) is 5.26 Å². The highest BCUT2D eigenvalue weighted by molar-refractivity contribution is 6.14. The van der Waals surface area contributed by atoms with Gasteiger partial charge in [0.05, 0.1) is 4.92 Å². The van der Waals surface area contributed by atoms with E-state index >= 15 is 0 Å². The van der Waals surface area contributed by atoms with E-state index in [2.05, 4.69) is 0 Å². The number of carbonyl (C=O) groups excluding carboxylic acids is 1. The molecule has 3 rings (SSSR count). The molecule has 24 heavy (non-hydrogen) atoms. The number of fused-ring (bicyclic) bond motifs is 1. The van der Waals surface area contributed by atoms with E-state index in [0.717, 1.165) is 6.07 Å². The monoisotopic (exact) mass is 322 g/mol. The predicted octanol–water partition coefficient (Wildman–Crippen LogP) is 3.11. The van der Waals surface area contributed by atoms with Crippen molar-refractivity contribution in [3.63, 3.8) is 0 Å². The number of nitriles is 1. The van der Waals surface area contributed by atoms with E-state index in [1.54, 1.807) is 18.2 Å². The summed E-state index contributed by atoms with van der Waals surface area (Å²) in [6.45, 7) is 0.125. The lowest BCUT2D eigenvalue weighted by atomic mass is 10.0. The summed E-state index contributed by atoms with van der Waals surface area (Å²) in [6, 6.07) is 12.1. The Hall–Kier alpha value is -3.66. The summed E-state index contributed by atoms with van der Waals surface area (Å²) in [4.78, 5) is 22.6. The first-order valence-electron chi connectivity index (χ1n) is 6.89. The Morgan fingerprint density at radius 2 is 2.00 bits per heavy atom. The van der Waals surface area contributed by atoms with Crippen molar-refractivity contribution < 1.29 is 19.2 Å². The van der Waals surface area contributed by atoms with Crippen LogP contribution in [0.25, 0.3) is 6.08 Å². The number of Topliss-reactive ketones (excluding diaryl/α,β-unsaturated/α-hetero) is 1. The van der Waals surface area contributed by atoms with Gasteiger partial charge in [0.15, 0.2) is 11.5 Å². The van der Waals surface area contributed by atoms with Crippen molar-refractivity contribution in [2.45, 2.75) is 0 Å². The molecule has 0 radical (unpaired) electrons. The molecule has 1 aliphatic rings. The van der Waals surface area contributed by atoms with Crippen LogP contribution in [-0.2, 0) is 0 Å². The fraction of sp³-hybridized carbons (Fsp3) is 0.0588. The Morgan fingerprint density at radius 1 is 1.21 bits per heavy atom. The quantitative estimate of drug-likeness (QED) is 0.282. The number of ketones is 1. The van der Waals surface area contributed by atoms with Gasteiger partial charge in [-0.25, -0.2) is 0 Å². The van der Waals surface area contributed by atoms with Gasteiger partial charge < -0.3 is 9.47 Å². The summed E-state index contributed by atoms with van der Waals surface area (Å²) in [5, 5.41) is 20.1. The van der Waals surface area contributed by atoms with Gasteiger partial charge in [-0.05, 0) is 23.8 Å². The fourth-order valence-electron chi connectivity index (χ4n) is 2.23. The summed E-state index contributed by atoms with van der Waals surface area (Å²) >= 11 is 0. The summed E-state index contributed by atoms with van der Waals surface area (Å²) in [5.74, 6) is 0.540. The molecule has 2 aromatic rings. The van der Waals surface area contributed by atoms with Crippen LogP contribution in [0.1, 0.15) is 15.9 Å². The van der Waals surface area contributed by atoms with E-state index in [1.807, 2.05) is 6.07 Å². The Kier molecular flexibility index (Phi) is 3.95. The number of carbonyl (C=O) groups is 1. The first-order chi connectivity index (χ1) is 11.6. The predicted molar refractivity (Wildman–Crippen MR) is 83.6 cm³/mol. The standard InChI is InChI=1S/C17H10N2O5/c18-9-13(6-11-4-5-15-16(7-11)24-10-23-15)17(20)12-2-1-3-14(8-12)19(21)22/h1-8H,10H2/b13-6+. The maximum atomic E-state index is 12.4. The minimum Gasteiger partial charge on any atom is -0.454 e. The van der Waals surface area contributed by atoms with Gasteiger partial charge in [-0.2, -0.15) is 5.26 Å². The third kappa shape index (κ3) is 2.94. The molecule has 0 N–H and O–H groups in total. The van der Waals surface area contributed by atoms with E-state index in [0.29, 0.717) is 17.1 Å². The van der Waals surface area contributed by atoms with Gasteiger partial charge >= 0.3 is 0 Å². The topological polar surface area (TPSA) is 102 Å². The number of nitro benzene ring substituents is 1. The molecule has 0 spiro atoms. The molecule has 2 aromatic carbocycles. The van der Waals surface area contributed by atoms with E-state index in [9.17, 15) is 20.2 Å². The Balaban J connectivity index is 1.93. The van der Waals surface area contributed by atoms with Crippen molar-refractivity contribution in [2.75, 3.05) is 6.79 Å². The molecule has 0 amide bonds. The average Bonchev–Trinajstić information content (AvgIpc) is 3.07. The number of nitro groups is 1. The van der Waals surface area contributed by atoms with E-state index in [4.69, 9.17) is 9.47 Å². The number of nitrogens with zero attached hydrogens (tertiary/aromatic N) is 2. The lowest BCUT2D eigenvalue weighted by Gasteiger charge is -2.01. The Bertz CT molecular complexity index is 911. The van der Waals surface area contributed by atoms with Crippen LogP contribution in [0, 0.1) is 21.4 Å². The maximum absolute atomic E-state index is 12.4. The molecule has 1 aliphatic heterocycles. The van der Waals surface area contributed by atoms with Crippen LogP contribution in [0.3, 0.4) is 0 Å². The number of allylic oxidation sites excluding steroid dienone is 1. The summed E-state index contributed by atoms with van der Waals surface area (Å²) in [6.07, 6.45) is 1.41. The van der Waals surface area contributed by atoms with E-state index in [-0.39, 0.29) is 23.6 Å². The number of hydrogen-bond acceptors (Lipinski definition) is 6. The molecule has 0 saturated heterocycles. The molecular weight excluding hydrogens is 312 g/mol. The molecule has 0 aliphatic carbocycles. The number of rotatable bonds is 4. The first kappa shape index (κ1) is 15.2. The highest BCUT2D eigenvalue weighted by Crippen LogP contribution is 2.33. The number of ether oxygens (including phenoxy) is 2. The van der Waals surface area contributed by atoms with Crippen LogP contribution in [0.4, 0.5) is 5.69 Å². The first-order valence-corrected chi connectivity index (χ1v) is 6.89. The molecular formula is C17H10N2O5. The molecule has 0 unspecified atom stereocenters. The van der Waals surface area contributed by atoms with Crippen LogP contribution in [0.15, 0.2) is 48.0 Å². The van der Waals surface area contributed by atoms with Crippen LogP contribution >= 0.6 is 0 Å². The summed E-state index contributed by atoms with van der Waals surface area (Å²) < 4.78 is 10.4. The average molecular weight is 322 g/mol. The van der Waals surface area contributed by atoms with E-state index < -0.39 is 10.7 Å². The number of hydrogen-bond donors (Lipinski definition) is 0. The van der Waals surface area contributed by atoms with Crippen LogP contribution in [0.5, 0.6) is 11.5 Å². The second kappa shape index (κ2) is 6.22. The lowest BCUT2D eigenvalue weighted by molar-refractivity contribution is -0.384. The van der Waals surface area contributed by atoms with Crippen LogP contribution in [-0.4, -0.2) is 17.5 Å². The normalized spacial score (nSPS) is 12.5. The highest BCUT2D eigenvalue weighted by atomic mass is 16.7. The smallest absolute Gasteiger partial charge is 0.270 e. The van der Waals surface area contributed by atoms with Crippen molar-refractivity contribution >= 4 is 17.5 Å². The minimum absolute atomic E-state index is 0.0812. The highest BCUT2D eigenvalue weighted by Gasteiger charge is 2.17. The van der Waals surface area contributed by atoms with Crippen molar-refractivity contribution in [2.24, 2.45) is 0 Å². The van der Waals surface area contributed by atoms with Crippen molar-refractivity contribution in [1.82, 2.24) is 0 Å². The summed E-state index contributed by atoms with van der Waals surface area (Å²) in [7, 11) is 0. The minimum atomic E-state index is -0.593. The molecule has 1 heterocycles. The molecule has 118 valence electrons. The molecule has 0 fully saturated rings. The zero-order chi connectivity index (χ0) is 17.1. The number of benzene rings is 2. The van der Waals surface area contributed by atoms with Gasteiger partial charge in [-0.15, -0.1) is 0 Å². The van der Waals surface area contributed by atoms with Crippen LogP contribution in [0.2, 0.25) is 0 Å². The molecule has 7 heteroatoms. The number of non-ortho nitro benzene ring substituents is 1. The SMILES string of the molecule is N#C/C(=C\c1ccc2c(c1)OCO2)C(=O)c1cccc([N+](=O)[O-])c1. The second-order valence-electron chi connectivity index (χ2n) is 4.92. The van der Waals surface area contributed by atoms with Gasteiger partial charge in [0.2, 0.25) is 12.6 Å². The fourth-order valence-corrected chi connectivity index (χ4v) is 2.23. The molecule has 0 bridgehead atoms. The molecule has 7 nitrogen and oxygen atoms in total. The molecule has 0 aromatic heterocycles. The van der Waals surface area contributed by atoms with Gasteiger partial charge in [-0.3, -0.25) is 14.9 Å². The van der Waals surface area contributed by atoms with Gasteiger partial charge in [-0.1, -0.05) is 18.2 Å².